The van der Waals surface area contributed by atoms with Gasteiger partial charge in [-0.25, -0.2) is 0 Å². The molecule has 0 fully saturated rings. The number of hydrogen-bond acceptors (Lipinski definition) is 2. The van der Waals surface area contributed by atoms with E-state index in [0.29, 0.717) is 6.04 Å². The van der Waals surface area contributed by atoms with Gasteiger partial charge in [-0.05, 0) is 30.7 Å². The minimum atomic E-state index is 0.556. The lowest BCUT2D eigenvalue weighted by Crippen LogP contribution is -2.24. The normalized spacial score (nSPS) is 10.6. The van der Waals surface area contributed by atoms with Crippen molar-refractivity contribution in [1.82, 2.24) is 5.32 Å². The van der Waals surface area contributed by atoms with E-state index in [0.717, 1.165) is 18.7 Å². The van der Waals surface area contributed by atoms with Gasteiger partial charge in [0.2, 0.25) is 0 Å². The maximum Gasteiger partial charge on any atom is 0.119 e. The molecule has 0 aliphatic rings. The average molecular weight is 193 g/mol. The number of benzene rings is 1. The van der Waals surface area contributed by atoms with Crippen molar-refractivity contribution in [3.05, 3.63) is 29.8 Å². The Bertz CT molecular complexity index is 271. The summed E-state index contributed by atoms with van der Waals surface area (Å²) >= 11 is 0. The molecule has 0 aliphatic heterocycles. The Morgan fingerprint density at radius 2 is 2.14 bits per heavy atom. The van der Waals surface area contributed by atoms with E-state index in [2.05, 4.69) is 31.3 Å². The van der Waals surface area contributed by atoms with Gasteiger partial charge in [0.1, 0.15) is 5.75 Å². The van der Waals surface area contributed by atoms with Crippen LogP contribution in [0.4, 0.5) is 0 Å². The summed E-state index contributed by atoms with van der Waals surface area (Å²) < 4.78 is 5.16. The fraction of sp³-hybridized carbons (Fsp3) is 0.500. The smallest absolute Gasteiger partial charge is 0.119 e. The lowest BCUT2D eigenvalue weighted by atomic mass is 10.1. The van der Waals surface area contributed by atoms with Gasteiger partial charge in [0.25, 0.3) is 0 Å². The molecule has 0 amide bonds. The Labute approximate surface area is 86.3 Å². The zero-order valence-electron chi connectivity index (χ0n) is 9.21. The molecule has 14 heavy (non-hydrogen) atoms. The monoisotopic (exact) mass is 193 g/mol. The van der Waals surface area contributed by atoms with Gasteiger partial charge in [-0.2, -0.15) is 0 Å². The number of hydrogen-bond donors (Lipinski definition) is 1. The largest absolute Gasteiger partial charge is 0.497 e. The Balaban J connectivity index is 2.42. The maximum absolute atomic E-state index is 5.16. The van der Waals surface area contributed by atoms with Crippen molar-refractivity contribution in [3.63, 3.8) is 0 Å². The molecule has 0 saturated heterocycles. The zero-order chi connectivity index (χ0) is 10.4. The van der Waals surface area contributed by atoms with Gasteiger partial charge in [-0.3, -0.25) is 0 Å². The highest BCUT2D eigenvalue weighted by molar-refractivity contribution is 5.28. The topological polar surface area (TPSA) is 21.3 Å². The molecule has 0 heterocycles. The molecule has 0 aromatic heterocycles. The summed E-state index contributed by atoms with van der Waals surface area (Å²) in [6.45, 7) is 5.34. The average Bonchev–Trinajstić information content (AvgIpc) is 2.18. The predicted octanol–water partition coefficient (Wildman–Crippen LogP) is 2.24. The summed E-state index contributed by atoms with van der Waals surface area (Å²) in [7, 11) is 1.70. The molecule has 1 N–H and O–H groups in total. The van der Waals surface area contributed by atoms with E-state index in [1.54, 1.807) is 7.11 Å². The molecule has 2 heteroatoms. The Hall–Kier alpha value is -1.02. The first-order valence-corrected chi connectivity index (χ1v) is 5.08. The fourth-order valence-electron chi connectivity index (χ4n) is 1.33. The molecule has 78 valence electrons. The van der Waals surface area contributed by atoms with Crippen molar-refractivity contribution in [2.24, 2.45) is 0 Å². The molecule has 0 radical (unpaired) electrons. The van der Waals surface area contributed by atoms with Gasteiger partial charge in [0, 0.05) is 6.04 Å². The molecule has 0 unspecified atom stereocenters. The van der Waals surface area contributed by atoms with Gasteiger partial charge in [-0.15, -0.1) is 0 Å². The first-order chi connectivity index (χ1) is 6.72. The van der Waals surface area contributed by atoms with Crippen molar-refractivity contribution < 1.29 is 4.74 Å². The third-order valence-electron chi connectivity index (χ3n) is 2.10. The molecule has 1 aromatic rings. The van der Waals surface area contributed by atoms with Gasteiger partial charge < -0.3 is 10.1 Å². The van der Waals surface area contributed by atoms with Gasteiger partial charge in [0.15, 0.2) is 0 Å². The fourth-order valence-corrected chi connectivity index (χ4v) is 1.33. The summed E-state index contributed by atoms with van der Waals surface area (Å²) in [4.78, 5) is 0. The highest BCUT2D eigenvalue weighted by atomic mass is 16.5. The van der Waals surface area contributed by atoms with Crippen LogP contribution in [0.2, 0.25) is 0 Å². The summed E-state index contributed by atoms with van der Waals surface area (Å²) in [5.41, 5.74) is 1.32. The lowest BCUT2D eigenvalue weighted by molar-refractivity contribution is 0.414. The van der Waals surface area contributed by atoms with Gasteiger partial charge in [-0.1, -0.05) is 26.0 Å². The molecule has 1 aromatic carbocycles. The van der Waals surface area contributed by atoms with Crippen LogP contribution in [-0.2, 0) is 6.42 Å². The third-order valence-corrected chi connectivity index (χ3v) is 2.10. The van der Waals surface area contributed by atoms with Crippen LogP contribution in [0.5, 0.6) is 5.75 Å². The van der Waals surface area contributed by atoms with Crippen LogP contribution in [0.25, 0.3) is 0 Å². The number of rotatable bonds is 5. The first-order valence-electron chi connectivity index (χ1n) is 5.08. The molecule has 1 rings (SSSR count). The third kappa shape index (κ3) is 3.79. The second kappa shape index (κ2) is 5.66. The lowest BCUT2D eigenvalue weighted by Gasteiger charge is -2.08. The van der Waals surface area contributed by atoms with E-state index in [4.69, 9.17) is 4.74 Å². The zero-order valence-corrected chi connectivity index (χ0v) is 9.21. The van der Waals surface area contributed by atoms with E-state index >= 15 is 0 Å². The van der Waals surface area contributed by atoms with E-state index < -0.39 is 0 Å². The van der Waals surface area contributed by atoms with Crippen molar-refractivity contribution >= 4 is 0 Å². The van der Waals surface area contributed by atoms with Crippen LogP contribution < -0.4 is 10.1 Å². The SMILES string of the molecule is COc1cccc(CCNC(C)C)c1. The van der Waals surface area contributed by atoms with Crippen molar-refractivity contribution in [1.29, 1.82) is 0 Å². The first kappa shape index (κ1) is 11.1. The second-order valence-electron chi connectivity index (χ2n) is 3.71. The molecule has 2 nitrogen and oxygen atoms in total. The molecular formula is C12H19NO. The number of methoxy groups -OCH3 is 1. The molecular weight excluding hydrogens is 174 g/mol. The Morgan fingerprint density at radius 3 is 2.79 bits per heavy atom. The Kier molecular flexibility index (Phi) is 4.47. The van der Waals surface area contributed by atoms with Crippen LogP contribution in [0.1, 0.15) is 19.4 Å². The van der Waals surface area contributed by atoms with E-state index in [-0.39, 0.29) is 0 Å². The van der Waals surface area contributed by atoms with Crippen molar-refractivity contribution in [3.8, 4) is 5.75 Å². The highest BCUT2D eigenvalue weighted by Gasteiger charge is 1.96. The summed E-state index contributed by atoms with van der Waals surface area (Å²) in [6.07, 6.45) is 1.05. The number of ether oxygens (including phenoxy) is 1. The van der Waals surface area contributed by atoms with Crippen LogP contribution in [0, 0.1) is 0 Å². The van der Waals surface area contributed by atoms with Crippen molar-refractivity contribution in [2.75, 3.05) is 13.7 Å². The molecule has 0 bridgehead atoms. The maximum atomic E-state index is 5.16. The van der Waals surface area contributed by atoms with Crippen LogP contribution in [0.3, 0.4) is 0 Å². The summed E-state index contributed by atoms with van der Waals surface area (Å²) in [5, 5.41) is 3.39. The molecule has 0 spiro atoms. The minimum absolute atomic E-state index is 0.556. The summed E-state index contributed by atoms with van der Waals surface area (Å²) in [5.74, 6) is 0.937. The quantitative estimate of drug-likeness (QED) is 0.774. The molecule has 0 aliphatic carbocycles. The number of nitrogens with one attached hydrogen (secondary N) is 1. The van der Waals surface area contributed by atoms with E-state index in [1.165, 1.54) is 5.56 Å². The van der Waals surface area contributed by atoms with Crippen molar-refractivity contribution in [2.45, 2.75) is 26.3 Å². The minimum Gasteiger partial charge on any atom is -0.497 e. The van der Waals surface area contributed by atoms with Gasteiger partial charge >= 0.3 is 0 Å². The van der Waals surface area contributed by atoms with E-state index in [1.807, 2.05) is 12.1 Å². The predicted molar refractivity (Wildman–Crippen MR) is 59.8 cm³/mol. The second-order valence-corrected chi connectivity index (χ2v) is 3.71. The molecule has 0 saturated carbocycles. The summed E-state index contributed by atoms with van der Waals surface area (Å²) in [6, 6.07) is 8.77. The Morgan fingerprint density at radius 1 is 1.36 bits per heavy atom. The van der Waals surface area contributed by atoms with Crippen LogP contribution >= 0.6 is 0 Å². The van der Waals surface area contributed by atoms with Crippen LogP contribution in [-0.4, -0.2) is 19.7 Å². The van der Waals surface area contributed by atoms with Gasteiger partial charge in [0.05, 0.1) is 7.11 Å². The highest BCUT2D eigenvalue weighted by Crippen LogP contribution is 2.12. The van der Waals surface area contributed by atoms with E-state index in [9.17, 15) is 0 Å². The standard InChI is InChI=1S/C12H19NO/c1-10(2)13-8-7-11-5-4-6-12(9-11)14-3/h4-6,9-10,13H,7-8H2,1-3H3. The molecule has 0 atom stereocenters. The van der Waals surface area contributed by atoms with Crippen LogP contribution in [0.15, 0.2) is 24.3 Å².